The molecule has 0 spiro atoms. The molecule has 1 atom stereocenters. The van der Waals surface area contributed by atoms with E-state index in [2.05, 4.69) is 79.1 Å². The summed E-state index contributed by atoms with van der Waals surface area (Å²) in [6.45, 7) is 3.64. The summed E-state index contributed by atoms with van der Waals surface area (Å²) in [5, 5.41) is 0. The summed E-state index contributed by atoms with van der Waals surface area (Å²) in [4.78, 5) is 42.9. The minimum absolute atomic E-state index is 0.172. The molecule has 0 aromatic rings. The van der Waals surface area contributed by atoms with E-state index in [1.807, 2.05) is 0 Å². The summed E-state index contributed by atoms with van der Waals surface area (Å²) in [7, 11) is -4.77. The van der Waals surface area contributed by atoms with Crippen LogP contribution in [0.5, 0.6) is 0 Å². The summed E-state index contributed by atoms with van der Waals surface area (Å²) < 4.78 is 26.4. The third kappa shape index (κ3) is 44.5. The molecule has 0 aromatic heterocycles. The van der Waals surface area contributed by atoms with Gasteiger partial charge in [0.15, 0.2) is 6.10 Å². The lowest BCUT2D eigenvalue weighted by molar-refractivity contribution is -0.161. The van der Waals surface area contributed by atoms with E-state index in [1.54, 1.807) is 0 Å². The van der Waals surface area contributed by atoms with Crippen LogP contribution in [-0.2, 0) is 28.2 Å². The van der Waals surface area contributed by atoms with Gasteiger partial charge in [0.2, 0.25) is 0 Å². The molecule has 0 aliphatic rings. The molecule has 324 valence electrons. The predicted molar refractivity (Wildman–Crippen MR) is 234 cm³/mol. The Morgan fingerprint density at radius 1 is 0.464 bits per heavy atom. The number of unbranched alkanes of at least 4 members (excludes halogenated alkanes) is 21. The van der Waals surface area contributed by atoms with Gasteiger partial charge >= 0.3 is 19.8 Å². The molecule has 0 aliphatic carbocycles. The Kier molecular flexibility index (Phi) is 40.7. The van der Waals surface area contributed by atoms with Gasteiger partial charge in [0.05, 0.1) is 6.61 Å². The second-order valence-electron chi connectivity index (χ2n) is 15.0. The fourth-order valence-corrected chi connectivity index (χ4v) is 6.48. The van der Waals surface area contributed by atoms with Gasteiger partial charge in [-0.15, -0.1) is 0 Å². The van der Waals surface area contributed by atoms with Crippen molar-refractivity contribution in [3.8, 4) is 0 Å². The normalized spacial score (nSPS) is 13.0. The Balaban J connectivity index is 3.96. The summed E-state index contributed by atoms with van der Waals surface area (Å²) in [5.41, 5.74) is 0. The third-order valence-corrected chi connectivity index (χ3v) is 9.99. The van der Waals surface area contributed by atoms with Crippen LogP contribution in [0, 0.1) is 0 Å². The maximum Gasteiger partial charge on any atom is 0.469 e. The van der Waals surface area contributed by atoms with Crippen LogP contribution in [0.4, 0.5) is 0 Å². The smallest absolute Gasteiger partial charge is 0.462 e. The van der Waals surface area contributed by atoms with Gasteiger partial charge in [-0.05, 0) is 83.5 Å². The van der Waals surface area contributed by atoms with Gasteiger partial charge in [-0.1, -0.05) is 171 Å². The van der Waals surface area contributed by atoms with E-state index in [0.717, 1.165) is 64.2 Å². The summed E-state index contributed by atoms with van der Waals surface area (Å²) in [6, 6.07) is 0. The van der Waals surface area contributed by atoms with Crippen LogP contribution < -0.4 is 0 Å². The van der Waals surface area contributed by atoms with E-state index in [1.165, 1.54) is 103 Å². The number of carbonyl (C=O) groups is 2. The maximum atomic E-state index is 12.4. The highest BCUT2D eigenvalue weighted by molar-refractivity contribution is 7.46. The summed E-state index contributed by atoms with van der Waals surface area (Å²) in [6.07, 6.45) is 53.7. The minimum Gasteiger partial charge on any atom is -0.462 e. The zero-order valence-electron chi connectivity index (χ0n) is 35.8. The lowest BCUT2D eigenvalue weighted by Crippen LogP contribution is -2.29. The molecule has 0 radical (unpaired) electrons. The topological polar surface area (TPSA) is 119 Å². The third-order valence-electron chi connectivity index (χ3n) is 9.51. The fraction of sp³-hybridized carbons (Fsp3) is 0.745. The number of hydrogen-bond acceptors (Lipinski definition) is 6. The van der Waals surface area contributed by atoms with Crippen LogP contribution in [0.1, 0.15) is 206 Å². The van der Waals surface area contributed by atoms with Crippen molar-refractivity contribution >= 4 is 19.8 Å². The fourth-order valence-electron chi connectivity index (χ4n) is 6.12. The van der Waals surface area contributed by atoms with Gasteiger partial charge < -0.3 is 19.3 Å². The second-order valence-corrected chi connectivity index (χ2v) is 16.3. The zero-order valence-corrected chi connectivity index (χ0v) is 36.7. The Morgan fingerprint density at radius 2 is 0.804 bits per heavy atom. The second kappa shape index (κ2) is 42.4. The van der Waals surface area contributed by atoms with E-state index in [0.29, 0.717) is 12.8 Å². The first-order valence-corrected chi connectivity index (χ1v) is 24.1. The molecule has 0 saturated heterocycles. The number of esters is 2. The molecular weight excluding hydrogens is 723 g/mol. The minimum atomic E-state index is -4.77. The van der Waals surface area contributed by atoms with Crippen LogP contribution in [-0.4, -0.2) is 41.0 Å². The van der Waals surface area contributed by atoms with Crippen LogP contribution in [0.15, 0.2) is 60.8 Å². The number of allylic oxidation sites excluding steroid dienone is 10. The first-order chi connectivity index (χ1) is 27.3. The van der Waals surface area contributed by atoms with Gasteiger partial charge in [-0.2, -0.15) is 0 Å². The molecule has 0 unspecified atom stereocenters. The molecule has 9 heteroatoms. The number of rotatable bonds is 41. The molecule has 0 rings (SSSR count). The Labute approximate surface area is 343 Å². The molecule has 0 bridgehead atoms. The summed E-state index contributed by atoms with van der Waals surface area (Å²) >= 11 is 0. The van der Waals surface area contributed by atoms with Crippen LogP contribution in [0.3, 0.4) is 0 Å². The number of hydrogen-bond donors (Lipinski definition) is 2. The molecule has 0 amide bonds. The molecule has 0 aliphatic heterocycles. The molecule has 2 N–H and O–H groups in total. The van der Waals surface area contributed by atoms with E-state index in [4.69, 9.17) is 19.3 Å². The van der Waals surface area contributed by atoms with Crippen molar-refractivity contribution in [3.05, 3.63) is 60.8 Å². The predicted octanol–water partition coefficient (Wildman–Crippen LogP) is 14.1. The molecule has 0 saturated carbocycles. The molecule has 0 aromatic carbocycles. The summed E-state index contributed by atoms with van der Waals surface area (Å²) in [5.74, 6) is -0.925. The lowest BCUT2D eigenvalue weighted by Gasteiger charge is -2.18. The van der Waals surface area contributed by atoms with Crippen molar-refractivity contribution in [2.45, 2.75) is 213 Å². The molecule has 0 heterocycles. The Morgan fingerprint density at radius 3 is 1.27 bits per heavy atom. The van der Waals surface area contributed by atoms with Gasteiger partial charge in [0, 0.05) is 12.8 Å². The number of ether oxygens (including phenoxy) is 2. The SMILES string of the molecule is CCCCC/C=C\C/C=C\C/C=C\C/C=C\CCCCCC(=O)O[C@H](COC(=O)CCCCCCCCC/C=C\CCCCCCCCCC)COP(=O)(O)O. The van der Waals surface area contributed by atoms with E-state index in [9.17, 15) is 14.2 Å². The van der Waals surface area contributed by atoms with E-state index in [-0.39, 0.29) is 19.4 Å². The van der Waals surface area contributed by atoms with E-state index < -0.39 is 32.5 Å². The van der Waals surface area contributed by atoms with Crippen molar-refractivity contribution in [2.75, 3.05) is 13.2 Å². The molecule has 0 fully saturated rings. The van der Waals surface area contributed by atoms with Gasteiger partial charge in [0.25, 0.3) is 0 Å². The van der Waals surface area contributed by atoms with Crippen LogP contribution in [0.25, 0.3) is 0 Å². The average molecular weight is 807 g/mol. The standard InChI is InChI=1S/C47H83O8P/c1-3-5-7-9-11-13-15-17-19-21-23-25-27-29-31-33-35-37-39-41-46(48)53-43-45(44-54-56(50,51)52)55-47(49)42-40-38-36-34-32-30-28-26-24-22-20-18-16-14-12-10-8-6-4-2/h12,14,18,20-21,23-24,26,30,32,45H,3-11,13,15-17,19,22,25,27-29,31,33-44H2,1-2H3,(H2,50,51,52)/b14-12-,20-18-,23-21-,26-24-,32-30-/t45-/m1/s1. The number of phosphoric acid groups is 1. The Bertz CT molecular complexity index is 1090. The first-order valence-electron chi connectivity index (χ1n) is 22.6. The quantitative estimate of drug-likeness (QED) is 0.0271. The molecule has 56 heavy (non-hydrogen) atoms. The van der Waals surface area contributed by atoms with Gasteiger partial charge in [-0.25, -0.2) is 4.57 Å². The highest BCUT2D eigenvalue weighted by Gasteiger charge is 2.22. The first kappa shape index (κ1) is 53.8. The molecule has 8 nitrogen and oxygen atoms in total. The highest BCUT2D eigenvalue weighted by Crippen LogP contribution is 2.36. The number of carbonyl (C=O) groups excluding carboxylic acids is 2. The van der Waals surface area contributed by atoms with Crippen LogP contribution >= 0.6 is 7.82 Å². The van der Waals surface area contributed by atoms with Crippen LogP contribution in [0.2, 0.25) is 0 Å². The van der Waals surface area contributed by atoms with Gasteiger partial charge in [-0.3, -0.25) is 14.1 Å². The van der Waals surface area contributed by atoms with Crippen molar-refractivity contribution in [1.82, 2.24) is 0 Å². The highest BCUT2D eigenvalue weighted by atomic mass is 31.2. The average Bonchev–Trinajstić information content (AvgIpc) is 3.17. The van der Waals surface area contributed by atoms with Crippen molar-refractivity contribution in [1.29, 1.82) is 0 Å². The number of phosphoric ester groups is 1. The van der Waals surface area contributed by atoms with E-state index >= 15 is 0 Å². The van der Waals surface area contributed by atoms with Crippen molar-refractivity contribution in [3.63, 3.8) is 0 Å². The monoisotopic (exact) mass is 807 g/mol. The zero-order chi connectivity index (χ0) is 41.1. The maximum absolute atomic E-state index is 12.4. The largest absolute Gasteiger partial charge is 0.469 e. The molecular formula is C47H83O8P. The van der Waals surface area contributed by atoms with Crippen molar-refractivity contribution < 1.29 is 37.9 Å². The van der Waals surface area contributed by atoms with Crippen molar-refractivity contribution in [2.24, 2.45) is 0 Å². The Hall–Kier alpha value is -2.25. The lowest BCUT2D eigenvalue weighted by atomic mass is 10.1. The van der Waals surface area contributed by atoms with Gasteiger partial charge in [0.1, 0.15) is 6.61 Å².